The number of carbonyl (C=O) groups is 1. The van der Waals surface area contributed by atoms with Crippen LogP contribution in [0.3, 0.4) is 0 Å². The molecule has 0 unspecified atom stereocenters. The van der Waals surface area contributed by atoms with Gasteiger partial charge < -0.3 is 5.32 Å². The van der Waals surface area contributed by atoms with Crippen molar-refractivity contribution in [1.29, 1.82) is 0 Å². The van der Waals surface area contributed by atoms with Crippen LogP contribution in [0.15, 0.2) is 42.7 Å². The van der Waals surface area contributed by atoms with Crippen molar-refractivity contribution in [2.75, 3.05) is 6.54 Å². The Morgan fingerprint density at radius 2 is 2.17 bits per heavy atom. The Kier molecular flexibility index (Phi) is 4.90. The third kappa shape index (κ3) is 3.80. The number of amides is 1. The van der Waals surface area contributed by atoms with Gasteiger partial charge in [0.05, 0.1) is 11.4 Å². The van der Waals surface area contributed by atoms with E-state index in [1.807, 2.05) is 29.1 Å². The number of benzene rings is 1. The second-order valence-corrected chi connectivity index (χ2v) is 5.72. The standard InChI is InChI=1S/C16H17ClN6O/c1-12-15(16(24)18-7-3-9-22-10-4-8-19-22)21-23(20-12)14-6-2-5-13(17)11-14/h2,4-6,8,10-11H,3,7,9H2,1H3,(H,18,24). The van der Waals surface area contributed by atoms with Crippen molar-refractivity contribution in [2.24, 2.45) is 0 Å². The minimum Gasteiger partial charge on any atom is -0.351 e. The van der Waals surface area contributed by atoms with Crippen LogP contribution in [-0.4, -0.2) is 37.2 Å². The van der Waals surface area contributed by atoms with Crippen LogP contribution in [0, 0.1) is 6.92 Å². The number of rotatable bonds is 6. The van der Waals surface area contributed by atoms with Crippen LogP contribution >= 0.6 is 11.6 Å². The van der Waals surface area contributed by atoms with Gasteiger partial charge in [0, 0.05) is 30.5 Å². The molecule has 0 saturated carbocycles. The van der Waals surface area contributed by atoms with Crippen LogP contribution in [0.5, 0.6) is 0 Å². The number of carbonyl (C=O) groups excluding carboxylic acids is 1. The van der Waals surface area contributed by atoms with Crippen LogP contribution in [0.4, 0.5) is 0 Å². The summed E-state index contributed by atoms with van der Waals surface area (Å²) in [5.74, 6) is -0.235. The fourth-order valence-electron chi connectivity index (χ4n) is 2.26. The van der Waals surface area contributed by atoms with Gasteiger partial charge in [-0.2, -0.15) is 15.0 Å². The lowest BCUT2D eigenvalue weighted by Gasteiger charge is -2.04. The van der Waals surface area contributed by atoms with E-state index in [0.29, 0.717) is 28.6 Å². The zero-order valence-electron chi connectivity index (χ0n) is 13.2. The average molecular weight is 345 g/mol. The second-order valence-electron chi connectivity index (χ2n) is 5.28. The molecule has 124 valence electrons. The third-order valence-corrected chi connectivity index (χ3v) is 3.68. The van der Waals surface area contributed by atoms with Gasteiger partial charge >= 0.3 is 0 Å². The first-order valence-corrected chi connectivity index (χ1v) is 7.97. The zero-order chi connectivity index (χ0) is 16.9. The maximum Gasteiger partial charge on any atom is 0.273 e. The third-order valence-electron chi connectivity index (χ3n) is 3.45. The van der Waals surface area contributed by atoms with E-state index in [2.05, 4.69) is 20.6 Å². The number of aromatic nitrogens is 5. The Labute approximate surface area is 144 Å². The van der Waals surface area contributed by atoms with Crippen molar-refractivity contribution >= 4 is 17.5 Å². The van der Waals surface area contributed by atoms with Gasteiger partial charge in [0.2, 0.25) is 0 Å². The topological polar surface area (TPSA) is 77.6 Å². The first-order valence-electron chi connectivity index (χ1n) is 7.59. The summed E-state index contributed by atoms with van der Waals surface area (Å²) in [6.07, 6.45) is 4.41. The summed E-state index contributed by atoms with van der Waals surface area (Å²) in [6, 6.07) is 9.03. The van der Waals surface area contributed by atoms with Gasteiger partial charge in [-0.3, -0.25) is 9.48 Å². The van der Waals surface area contributed by atoms with Gasteiger partial charge in [0.15, 0.2) is 5.69 Å². The lowest BCUT2D eigenvalue weighted by atomic mass is 10.3. The molecule has 7 nitrogen and oxygen atoms in total. The molecule has 2 heterocycles. The van der Waals surface area contributed by atoms with Crippen molar-refractivity contribution in [1.82, 2.24) is 30.1 Å². The van der Waals surface area contributed by atoms with E-state index < -0.39 is 0 Å². The van der Waals surface area contributed by atoms with E-state index in [9.17, 15) is 4.79 Å². The first-order chi connectivity index (χ1) is 11.6. The van der Waals surface area contributed by atoms with E-state index in [1.165, 1.54) is 4.80 Å². The van der Waals surface area contributed by atoms with Crippen molar-refractivity contribution in [3.05, 3.63) is 59.1 Å². The summed E-state index contributed by atoms with van der Waals surface area (Å²) >= 11 is 5.98. The van der Waals surface area contributed by atoms with Gasteiger partial charge in [0.25, 0.3) is 5.91 Å². The van der Waals surface area contributed by atoms with E-state index >= 15 is 0 Å². The number of hydrogen-bond donors (Lipinski definition) is 1. The molecule has 0 aliphatic heterocycles. The quantitative estimate of drug-likeness (QED) is 0.696. The predicted molar refractivity (Wildman–Crippen MR) is 90.3 cm³/mol. The normalized spacial score (nSPS) is 10.8. The highest BCUT2D eigenvalue weighted by atomic mass is 35.5. The lowest BCUT2D eigenvalue weighted by Crippen LogP contribution is -2.26. The molecule has 0 saturated heterocycles. The molecule has 0 spiro atoms. The summed E-state index contributed by atoms with van der Waals surface area (Å²) in [6.45, 7) is 3.05. The van der Waals surface area contributed by atoms with Gasteiger partial charge in [-0.25, -0.2) is 0 Å². The van der Waals surface area contributed by atoms with Gasteiger partial charge in [0.1, 0.15) is 0 Å². The molecule has 0 fully saturated rings. The Morgan fingerprint density at radius 1 is 1.29 bits per heavy atom. The largest absolute Gasteiger partial charge is 0.351 e. The number of nitrogens with one attached hydrogen (secondary N) is 1. The Bertz CT molecular complexity index is 827. The molecule has 2 aromatic heterocycles. The molecule has 0 bridgehead atoms. The number of aryl methyl sites for hydroxylation is 2. The molecule has 0 radical (unpaired) electrons. The van der Waals surface area contributed by atoms with Crippen molar-refractivity contribution in [3.63, 3.8) is 0 Å². The predicted octanol–water partition coefficient (Wildman–Crippen LogP) is 2.25. The van der Waals surface area contributed by atoms with Crippen LogP contribution in [0.25, 0.3) is 5.69 Å². The molecule has 1 aromatic carbocycles. The van der Waals surface area contributed by atoms with Gasteiger partial charge in [-0.1, -0.05) is 17.7 Å². The van der Waals surface area contributed by atoms with E-state index in [4.69, 9.17) is 11.6 Å². The number of halogens is 1. The molecular formula is C16H17ClN6O. The van der Waals surface area contributed by atoms with E-state index in [1.54, 1.807) is 25.3 Å². The van der Waals surface area contributed by atoms with Crippen LogP contribution in [0.1, 0.15) is 22.6 Å². The second kappa shape index (κ2) is 7.27. The van der Waals surface area contributed by atoms with Gasteiger partial charge in [-0.15, -0.1) is 5.10 Å². The summed E-state index contributed by atoms with van der Waals surface area (Å²) in [4.78, 5) is 13.7. The highest BCUT2D eigenvalue weighted by molar-refractivity contribution is 6.30. The molecule has 1 amide bonds. The SMILES string of the molecule is Cc1nn(-c2cccc(Cl)c2)nc1C(=O)NCCCn1cccn1. The highest BCUT2D eigenvalue weighted by Crippen LogP contribution is 2.14. The Morgan fingerprint density at radius 3 is 2.92 bits per heavy atom. The molecule has 3 aromatic rings. The fourth-order valence-corrected chi connectivity index (χ4v) is 2.45. The maximum absolute atomic E-state index is 12.3. The van der Waals surface area contributed by atoms with Crippen molar-refractivity contribution in [3.8, 4) is 5.69 Å². The molecule has 0 aliphatic rings. The highest BCUT2D eigenvalue weighted by Gasteiger charge is 2.16. The lowest BCUT2D eigenvalue weighted by molar-refractivity contribution is 0.0946. The number of nitrogens with zero attached hydrogens (tertiary/aromatic N) is 5. The van der Waals surface area contributed by atoms with Crippen molar-refractivity contribution < 1.29 is 4.79 Å². The molecule has 1 N–H and O–H groups in total. The monoisotopic (exact) mass is 344 g/mol. The van der Waals surface area contributed by atoms with E-state index in [-0.39, 0.29) is 5.91 Å². The van der Waals surface area contributed by atoms with Crippen LogP contribution < -0.4 is 5.32 Å². The molecular weight excluding hydrogens is 328 g/mol. The zero-order valence-corrected chi connectivity index (χ0v) is 13.9. The van der Waals surface area contributed by atoms with E-state index in [0.717, 1.165) is 13.0 Å². The maximum atomic E-state index is 12.3. The minimum absolute atomic E-state index is 0.235. The summed E-state index contributed by atoms with van der Waals surface area (Å²) in [7, 11) is 0. The van der Waals surface area contributed by atoms with Crippen LogP contribution in [0.2, 0.25) is 5.02 Å². The first kappa shape index (κ1) is 16.2. The average Bonchev–Trinajstić information content (AvgIpc) is 3.21. The van der Waals surface area contributed by atoms with Crippen LogP contribution in [-0.2, 0) is 6.54 Å². The summed E-state index contributed by atoms with van der Waals surface area (Å²) < 4.78 is 1.83. The van der Waals surface area contributed by atoms with Gasteiger partial charge in [-0.05, 0) is 37.6 Å². The number of hydrogen-bond acceptors (Lipinski definition) is 4. The Hall–Kier alpha value is -2.67. The minimum atomic E-state index is -0.235. The molecule has 24 heavy (non-hydrogen) atoms. The molecule has 0 atom stereocenters. The Balaban J connectivity index is 1.60. The summed E-state index contributed by atoms with van der Waals surface area (Å²) in [5.41, 5.74) is 1.59. The fraction of sp³-hybridized carbons (Fsp3) is 0.250. The molecule has 8 heteroatoms. The summed E-state index contributed by atoms with van der Waals surface area (Å²) in [5, 5.41) is 16.1. The van der Waals surface area contributed by atoms with Crippen molar-refractivity contribution in [2.45, 2.75) is 19.9 Å². The molecule has 0 aliphatic carbocycles. The molecule has 3 rings (SSSR count). The smallest absolute Gasteiger partial charge is 0.273 e.